The lowest BCUT2D eigenvalue weighted by molar-refractivity contribution is 0.358. The lowest BCUT2D eigenvalue weighted by atomic mass is 10.3. The Morgan fingerprint density at radius 2 is 1.93 bits per heavy atom. The summed E-state index contributed by atoms with van der Waals surface area (Å²) in [5, 5.41) is 8.07. The van der Waals surface area contributed by atoms with Gasteiger partial charge in [0.1, 0.15) is 15.9 Å². The monoisotopic (exact) mass is 214 g/mol. The van der Waals surface area contributed by atoms with Gasteiger partial charge in [-0.15, -0.1) is 0 Å². The Bertz CT molecular complexity index is 446. The molecule has 14 heavy (non-hydrogen) atoms. The SMILES string of the molecule is N#[N+]COc1ccc(S(=O)(=O)[O-])cc1. The molecule has 0 aliphatic heterocycles. The second-order valence-electron chi connectivity index (χ2n) is 2.34. The van der Waals surface area contributed by atoms with Crippen LogP contribution in [0.1, 0.15) is 0 Å². The molecule has 7 heteroatoms. The zero-order valence-corrected chi connectivity index (χ0v) is 7.77. The molecule has 0 amide bonds. The Kier molecular flexibility index (Phi) is 3.01. The van der Waals surface area contributed by atoms with Gasteiger partial charge in [0.2, 0.25) is 5.39 Å². The number of nitrogens with zero attached hydrogens (tertiary/aromatic N) is 2. The summed E-state index contributed by atoms with van der Waals surface area (Å²) >= 11 is 0. The van der Waals surface area contributed by atoms with Crippen LogP contribution in [0.4, 0.5) is 0 Å². The molecule has 0 fully saturated rings. The molecule has 6 nitrogen and oxygen atoms in total. The molecular weight excluding hydrogens is 208 g/mol. The fourth-order valence-electron chi connectivity index (χ4n) is 0.806. The summed E-state index contributed by atoms with van der Waals surface area (Å²) in [4.78, 5) is 2.37. The molecule has 1 rings (SSSR count). The number of rotatable bonds is 3. The molecule has 0 heterocycles. The number of benzene rings is 1. The highest BCUT2D eigenvalue weighted by atomic mass is 32.2. The van der Waals surface area contributed by atoms with E-state index in [1.165, 1.54) is 12.1 Å². The Balaban J connectivity index is 2.86. The molecule has 74 valence electrons. The summed E-state index contributed by atoms with van der Waals surface area (Å²) in [6, 6.07) is 4.84. The molecule has 0 unspecified atom stereocenters. The van der Waals surface area contributed by atoms with Gasteiger partial charge in [0.25, 0.3) is 0 Å². The third kappa shape index (κ3) is 2.69. The Morgan fingerprint density at radius 1 is 1.36 bits per heavy atom. The maximum atomic E-state index is 10.5. The van der Waals surface area contributed by atoms with Gasteiger partial charge in [-0.2, -0.15) is 0 Å². The third-order valence-electron chi connectivity index (χ3n) is 1.40. The lowest BCUT2D eigenvalue weighted by Crippen LogP contribution is -1.98. The zero-order chi connectivity index (χ0) is 10.6. The summed E-state index contributed by atoms with van der Waals surface area (Å²) < 4.78 is 36.3. The maximum absolute atomic E-state index is 10.5. The van der Waals surface area contributed by atoms with E-state index in [0.29, 0.717) is 5.75 Å². The summed E-state index contributed by atoms with van der Waals surface area (Å²) in [6.45, 7) is -0.247. The molecular formula is C7H6N2O4S. The largest absolute Gasteiger partial charge is 0.744 e. The van der Waals surface area contributed by atoms with E-state index in [4.69, 9.17) is 10.1 Å². The fraction of sp³-hybridized carbons (Fsp3) is 0.143. The predicted octanol–water partition coefficient (Wildman–Crippen LogP) is 0.780. The van der Waals surface area contributed by atoms with Crippen LogP contribution in [0.2, 0.25) is 0 Å². The Hall–Kier alpha value is -1.65. The van der Waals surface area contributed by atoms with E-state index < -0.39 is 10.1 Å². The molecule has 0 saturated heterocycles. The quantitative estimate of drug-likeness (QED) is 0.547. The van der Waals surface area contributed by atoms with Gasteiger partial charge in [-0.1, -0.05) is 0 Å². The van der Waals surface area contributed by atoms with E-state index in [0.717, 1.165) is 12.1 Å². The van der Waals surface area contributed by atoms with Gasteiger partial charge in [0.15, 0.2) is 4.98 Å². The van der Waals surface area contributed by atoms with Crippen molar-refractivity contribution in [3.63, 3.8) is 0 Å². The predicted molar refractivity (Wildman–Crippen MR) is 45.0 cm³/mol. The van der Waals surface area contributed by atoms with Gasteiger partial charge in [-0.25, -0.2) is 8.42 Å². The van der Waals surface area contributed by atoms with Crippen LogP contribution >= 0.6 is 0 Å². The number of hydrogen-bond acceptors (Lipinski definition) is 5. The van der Waals surface area contributed by atoms with Crippen LogP contribution in [0.5, 0.6) is 5.75 Å². The topological polar surface area (TPSA) is 94.6 Å². The van der Waals surface area contributed by atoms with Crippen LogP contribution in [-0.2, 0) is 10.1 Å². The first-order valence-corrected chi connectivity index (χ1v) is 4.94. The van der Waals surface area contributed by atoms with E-state index in [-0.39, 0.29) is 11.6 Å². The van der Waals surface area contributed by atoms with Gasteiger partial charge < -0.3 is 9.29 Å². The average Bonchev–Trinajstić information content (AvgIpc) is 2.14. The van der Waals surface area contributed by atoms with Crippen molar-refractivity contribution in [1.82, 2.24) is 0 Å². The van der Waals surface area contributed by atoms with Crippen molar-refractivity contribution in [2.45, 2.75) is 4.90 Å². The second kappa shape index (κ2) is 4.04. The first-order valence-electron chi connectivity index (χ1n) is 3.53. The van der Waals surface area contributed by atoms with Crippen LogP contribution in [-0.4, -0.2) is 19.7 Å². The summed E-state index contributed by atoms with van der Waals surface area (Å²) in [6.07, 6.45) is 0. The number of ether oxygens (including phenoxy) is 1. The molecule has 0 aliphatic carbocycles. The minimum absolute atomic E-state index is 0.247. The van der Waals surface area contributed by atoms with Gasteiger partial charge >= 0.3 is 6.73 Å². The molecule has 0 spiro atoms. The molecule has 0 aromatic heterocycles. The highest BCUT2D eigenvalue weighted by Gasteiger charge is 2.02. The molecule has 0 radical (unpaired) electrons. The van der Waals surface area contributed by atoms with Crippen LogP contribution in [0.25, 0.3) is 4.98 Å². The van der Waals surface area contributed by atoms with E-state index in [9.17, 15) is 13.0 Å². The minimum atomic E-state index is -4.42. The normalized spacial score (nSPS) is 10.6. The Labute approximate surface area is 80.5 Å². The van der Waals surface area contributed by atoms with E-state index in [2.05, 4.69) is 4.98 Å². The van der Waals surface area contributed by atoms with Crippen LogP contribution in [0.3, 0.4) is 0 Å². The van der Waals surface area contributed by atoms with Gasteiger partial charge in [-0.3, -0.25) is 0 Å². The number of hydrogen-bond donors (Lipinski definition) is 0. The van der Waals surface area contributed by atoms with Crippen LogP contribution < -0.4 is 4.74 Å². The van der Waals surface area contributed by atoms with E-state index in [1.54, 1.807) is 0 Å². The van der Waals surface area contributed by atoms with Gasteiger partial charge in [-0.05, 0) is 24.3 Å². The molecule has 1 aromatic carbocycles. The molecule has 0 atom stereocenters. The minimum Gasteiger partial charge on any atom is -0.744 e. The molecule has 0 N–H and O–H groups in total. The first-order chi connectivity index (χ1) is 6.54. The van der Waals surface area contributed by atoms with Crippen molar-refractivity contribution in [3.05, 3.63) is 29.2 Å². The van der Waals surface area contributed by atoms with E-state index in [1.807, 2.05) is 0 Å². The lowest BCUT2D eigenvalue weighted by Gasteiger charge is -2.06. The van der Waals surface area contributed by atoms with E-state index >= 15 is 0 Å². The molecule has 0 aliphatic rings. The Morgan fingerprint density at radius 3 is 2.36 bits per heavy atom. The first kappa shape index (κ1) is 10.4. The molecule has 0 saturated carbocycles. The highest BCUT2D eigenvalue weighted by Crippen LogP contribution is 2.15. The summed E-state index contributed by atoms with van der Waals surface area (Å²) in [5.74, 6) is 0.315. The van der Waals surface area contributed by atoms with Gasteiger partial charge in [0.05, 0.1) is 4.90 Å². The van der Waals surface area contributed by atoms with Crippen molar-refractivity contribution in [3.8, 4) is 5.75 Å². The van der Waals surface area contributed by atoms with Crippen molar-refractivity contribution in [1.29, 1.82) is 5.39 Å². The highest BCUT2D eigenvalue weighted by molar-refractivity contribution is 7.85. The van der Waals surface area contributed by atoms with Crippen LogP contribution in [0, 0.1) is 5.39 Å². The van der Waals surface area contributed by atoms with Gasteiger partial charge in [0, 0.05) is 0 Å². The van der Waals surface area contributed by atoms with Crippen molar-refractivity contribution in [2.75, 3.05) is 6.73 Å². The maximum Gasteiger partial charge on any atom is 0.447 e. The molecule has 1 aromatic rings. The second-order valence-corrected chi connectivity index (χ2v) is 3.72. The van der Waals surface area contributed by atoms with Crippen molar-refractivity contribution >= 4 is 10.1 Å². The molecule has 0 bridgehead atoms. The summed E-state index contributed by atoms with van der Waals surface area (Å²) in [5.41, 5.74) is 0. The smallest absolute Gasteiger partial charge is 0.447 e. The third-order valence-corrected chi connectivity index (χ3v) is 2.25. The standard InChI is InChI=1S/C7H6N2O4S/c8-9-5-13-6-1-3-7(4-2-6)14(10,11)12/h1-4H,5H2. The zero-order valence-electron chi connectivity index (χ0n) is 6.95. The fourth-order valence-corrected chi connectivity index (χ4v) is 1.28. The van der Waals surface area contributed by atoms with Crippen molar-refractivity contribution < 1.29 is 17.7 Å². The average molecular weight is 214 g/mol. The summed E-state index contributed by atoms with van der Waals surface area (Å²) in [7, 11) is -4.42. The van der Waals surface area contributed by atoms with Crippen LogP contribution in [0.15, 0.2) is 29.2 Å². The van der Waals surface area contributed by atoms with Crippen molar-refractivity contribution in [2.24, 2.45) is 0 Å². The number of diazo groups is 1.